The van der Waals surface area contributed by atoms with Crippen molar-refractivity contribution in [1.29, 1.82) is 0 Å². The number of unbranched alkanes of at least 4 members (excludes halogenated alkanes) is 3. The maximum Gasteiger partial charge on any atom is 0.436 e. The molecule has 1 aromatic heterocycles. The van der Waals surface area contributed by atoms with Crippen LogP contribution in [0.4, 0.5) is 13.2 Å². The summed E-state index contributed by atoms with van der Waals surface area (Å²) in [7, 11) is -3.65. The van der Waals surface area contributed by atoms with E-state index in [-0.39, 0.29) is 17.1 Å². The molecule has 1 amide bonds. The number of rotatable bonds is 12. The molecule has 2 aromatic carbocycles. The summed E-state index contributed by atoms with van der Waals surface area (Å²) in [5.41, 5.74) is 1.67. The zero-order valence-corrected chi connectivity index (χ0v) is 21.3. The Bertz CT molecular complexity index is 1240. The minimum atomic E-state index is -4.55. The van der Waals surface area contributed by atoms with E-state index < -0.39 is 27.8 Å². The standard InChI is InChI=1S/C25H27F3N2O4S2/c1-2-3-4-5-14-36(32,33)30-24(31)21-12-8-19(9-13-21)17-35-16-18-6-10-20(11-7-18)22-15-23(29-34-22)25(26,27)28/h6-13,15H,2-5,14,16-17H2,1H3,(H,30,31). The van der Waals surface area contributed by atoms with Crippen molar-refractivity contribution in [3.05, 3.63) is 77.0 Å². The highest BCUT2D eigenvalue weighted by Gasteiger charge is 2.35. The number of aromatic nitrogens is 1. The summed E-state index contributed by atoms with van der Waals surface area (Å²) in [6, 6.07) is 14.6. The van der Waals surface area contributed by atoms with Crippen LogP contribution in [0, 0.1) is 0 Å². The Hall–Kier alpha value is -2.79. The second kappa shape index (κ2) is 12.4. The number of alkyl halides is 3. The SMILES string of the molecule is CCCCCCS(=O)(=O)NC(=O)c1ccc(CSCc2ccc(-c3cc(C(F)(F)F)no3)cc2)cc1. The number of carbonyl (C=O) groups excluding carboxylic acids is 1. The second-order valence-electron chi connectivity index (χ2n) is 8.27. The first-order valence-corrected chi connectivity index (χ1v) is 14.2. The van der Waals surface area contributed by atoms with Gasteiger partial charge in [0, 0.05) is 28.7 Å². The summed E-state index contributed by atoms with van der Waals surface area (Å²) < 4.78 is 69.1. The van der Waals surface area contributed by atoms with Gasteiger partial charge in [-0.2, -0.15) is 24.9 Å². The summed E-state index contributed by atoms with van der Waals surface area (Å²) in [6.07, 6.45) is -1.25. The van der Waals surface area contributed by atoms with E-state index >= 15 is 0 Å². The highest BCUT2D eigenvalue weighted by Crippen LogP contribution is 2.32. The van der Waals surface area contributed by atoms with Crippen LogP contribution in [0.5, 0.6) is 0 Å². The molecule has 3 rings (SSSR count). The van der Waals surface area contributed by atoms with E-state index in [4.69, 9.17) is 4.52 Å². The van der Waals surface area contributed by atoms with Gasteiger partial charge in [0.2, 0.25) is 10.0 Å². The number of amides is 1. The maximum absolute atomic E-state index is 12.7. The molecule has 6 nitrogen and oxygen atoms in total. The van der Waals surface area contributed by atoms with Crippen LogP contribution in [0.15, 0.2) is 59.1 Å². The van der Waals surface area contributed by atoms with E-state index in [9.17, 15) is 26.4 Å². The lowest BCUT2D eigenvalue weighted by molar-refractivity contribution is -0.142. The Balaban J connectivity index is 1.46. The molecule has 0 unspecified atom stereocenters. The fraction of sp³-hybridized carbons (Fsp3) is 0.360. The lowest BCUT2D eigenvalue weighted by Gasteiger charge is -2.08. The average Bonchev–Trinajstić information content (AvgIpc) is 3.34. The van der Waals surface area contributed by atoms with Crippen LogP contribution in [-0.2, 0) is 27.7 Å². The van der Waals surface area contributed by atoms with Gasteiger partial charge in [-0.1, -0.05) is 67.7 Å². The summed E-state index contributed by atoms with van der Waals surface area (Å²) >= 11 is 1.62. The number of hydrogen-bond acceptors (Lipinski definition) is 6. The predicted molar refractivity (Wildman–Crippen MR) is 134 cm³/mol. The van der Waals surface area contributed by atoms with Crippen LogP contribution in [0.2, 0.25) is 0 Å². The monoisotopic (exact) mass is 540 g/mol. The number of carbonyl (C=O) groups is 1. The molecule has 0 spiro atoms. The smallest absolute Gasteiger partial charge is 0.356 e. The molecule has 0 aliphatic carbocycles. The number of halogens is 3. The molecule has 1 heterocycles. The number of benzene rings is 2. The van der Waals surface area contributed by atoms with Crippen LogP contribution in [0.25, 0.3) is 11.3 Å². The Morgan fingerprint density at radius 3 is 2.14 bits per heavy atom. The Morgan fingerprint density at radius 1 is 0.972 bits per heavy atom. The minimum Gasteiger partial charge on any atom is -0.356 e. The number of thioether (sulfide) groups is 1. The number of nitrogens with zero attached hydrogens (tertiary/aromatic N) is 1. The van der Waals surface area contributed by atoms with Crippen molar-refractivity contribution >= 4 is 27.7 Å². The lowest BCUT2D eigenvalue weighted by Crippen LogP contribution is -2.32. The molecule has 3 aromatic rings. The molecule has 0 radical (unpaired) electrons. The molecule has 0 bridgehead atoms. The van der Waals surface area contributed by atoms with E-state index in [2.05, 4.69) is 9.88 Å². The number of sulfonamides is 1. The van der Waals surface area contributed by atoms with Gasteiger partial charge in [-0.3, -0.25) is 4.79 Å². The van der Waals surface area contributed by atoms with Crippen molar-refractivity contribution < 1.29 is 30.9 Å². The number of hydrogen-bond donors (Lipinski definition) is 1. The second-order valence-corrected chi connectivity index (χ2v) is 11.1. The molecule has 1 N–H and O–H groups in total. The Labute approximate surface area is 212 Å². The molecule has 11 heteroatoms. The van der Waals surface area contributed by atoms with Gasteiger partial charge >= 0.3 is 6.18 Å². The van der Waals surface area contributed by atoms with Crippen molar-refractivity contribution in [2.45, 2.75) is 50.3 Å². The van der Waals surface area contributed by atoms with Gasteiger partial charge in [0.1, 0.15) is 0 Å². The highest BCUT2D eigenvalue weighted by atomic mass is 32.2. The molecule has 0 atom stereocenters. The third-order valence-electron chi connectivity index (χ3n) is 5.31. The molecular weight excluding hydrogens is 513 g/mol. The van der Waals surface area contributed by atoms with Gasteiger partial charge in [0.15, 0.2) is 11.5 Å². The Morgan fingerprint density at radius 2 is 1.58 bits per heavy atom. The molecular formula is C25H27F3N2O4S2. The minimum absolute atomic E-state index is 0.0509. The summed E-state index contributed by atoms with van der Waals surface area (Å²) in [5, 5.41) is 3.06. The Kier molecular flexibility index (Phi) is 9.61. The maximum atomic E-state index is 12.7. The van der Waals surface area contributed by atoms with Crippen molar-refractivity contribution in [2.75, 3.05) is 5.75 Å². The third-order valence-corrected chi connectivity index (χ3v) is 7.70. The van der Waals surface area contributed by atoms with Gasteiger partial charge in [-0.05, 0) is 29.7 Å². The molecule has 0 aliphatic rings. The fourth-order valence-corrected chi connectivity index (χ4v) is 5.36. The third kappa shape index (κ3) is 8.41. The van der Waals surface area contributed by atoms with Crippen LogP contribution >= 0.6 is 11.8 Å². The predicted octanol–water partition coefficient (Wildman–Crippen LogP) is 6.43. The fourth-order valence-electron chi connectivity index (χ4n) is 3.32. The topological polar surface area (TPSA) is 89.3 Å². The molecule has 194 valence electrons. The van der Waals surface area contributed by atoms with Gasteiger partial charge < -0.3 is 4.52 Å². The van der Waals surface area contributed by atoms with Crippen LogP contribution in [0.3, 0.4) is 0 Å². The molecule has 0 fully saturated rings. The average molecular weight is 541 g/mol. The molecule has 0 aliphatic heterocycles. The van der Waals surface area contributed by atoms with E-state index in [1.54, 1.807) is 48.2 Å². The van der Waals surface area contributed by atoms with Crippen molar-refractivity contribution in [1.82, 2.24) is 9.88 Å². The van der Waals surface area contributed by atoms with Gasteiger partial charge in [0.05, 0.1) is 5.75 Å². The lowest BCUT2D eigenvalue weighted by atomic mass is 10.1. The molecule has 36 heavy (non-hydrogen) atoms. The van der Waals surface area contributed by atoms with Gasteiger partial charge in [-0.25, -0.2) is 13.1 Å². The normalized spacial score (nSPS) is 12.0. The van der Waals surface area contributed by atoms with E-state index in [0.29, 0.717) is 23.5 Å². The van der Waals surface area contributed by atoms with Crippen LogP contribution < -0.4 is 4.72 Å². The molecule has 0 saturated heterocycles. The zero-order chi connectivity index (χ0) is 26.2. The summed E-state index contributed by atoms with van der Waals surface area (Å²) in [6.45, 7) is 2.04. The zero-order valence-electron chi connectivity index (χ0n) is 19.7. The van der Waals surface area contributed by atoms with Crippen molar-refractivity contribution in [3.8, 4) is 11.3 Å². The van der Waals surface area contributed by atoms with Crippen molar-refractivity contribution in [2.24, 2.45) is 0 Å². The number of nitrogens with one attached hydrogen (secondary N) is 1. The van der Waals surface area contributed by atoms with Gasteiger partial charge in [-0.15, -0.1) is 0 Å². The van der Waals surface area contributed by atoms with Crippen LogP contribution in [0.1, 0.15) is 59.8 Å². The van der Waals surface area contributed by atoms with Gasteiger partial charge in [0.25, 0.3) is 5.91 Å². The summed E-state index contributed by atoms with van der Waals surface area (Å²) in [4.78, 5) is 12.3. The first-order valence-electron chi connectivity index (χ1n) is 11.4. The quantitative estimate of drug-likeness (QED) is 0.266. The molecule has 0 saturated carbocycles. The summed E-state index contributed by atoms with van der Waals surface area (Å²) in [5.74, 6) is 0.676. The van der Waals surface area contributed by atoms with E-state index in [1.165, 1.54) is 0 Å². The van der Waals surface area contributed by atoms with Crippen LogP contribution in [-0.4, -0.2) is 25.2 Å². The van der Waals surface area contributed by atoms with Crippen molar-refractivity contribution in [3.63, 3.8) is 0 Å². The van der Waals surface area contributed by atoms with E-state index in [1.807, 2.05) is 19.1 Å². The largest absolute Gasteiger partial charge is 0.436 e. The first kappa shape index (κ1) is 27.8. The van der Waals surface area contributed by atoms with E-state index in [0.717, 1.165) is 36.5 Å². The first-order chi connectivity index (χ1) is 17.1. The highest BCUT2D eigenvalue weighted by molar-refractivity contribution is 7.97.